The minimum atomic E-state index is -0.0737. The van der Waals surface area contributed by atoms with E-state index >= 15 is 0 Å². The molecule has 0 aliphatic carbocycles. The van der Waals surface area contributed by atoms with E-state index in [0.29, 0.717) is 17.6 Å². The minimum Gasteiger partial charge on any atom is -0.383 e. The molecule has 0 bridgehead atoms. The molecule has 0 amide bonds. The Labute approximate surface area is 139 Å². The lowest BCUT2D eigenvalue weighted by atomic mass is 9.89. The Hall–Kier alpha value is -1.18. The molecule has 114 valence electrons. The number of hydrogen-bond donors (Lipinski definition) is 1. The summed E-state index contributed by atoms with van der Waals surface area (Å²) in [4.78, 5) is 9.22. The second-order valence-electron chi connectivity index (χ2n) is 6.60. The molecule has 0 radical (unpaired) electrons. The molecule has 2 heterocycles. The molecule has 6 heteroatoms. The van der Waals surface area contributed by atoms with Gasteiger partial charge in [0, 0.05) is 18.7 Å². The third kappa shape index (κ3) is 3.20. The van der Waals surface area contributed by atoms with Crippen molar-refractivity contribution in [3.05, 3.63) is 21.2 Å². The zero-order chi connectivity index (χ0) is 15.9. The Morgan fingerprint density at radius 2 is 1.86 bits per heavy atom. The lowest BCUT2D eigenvalue weighted by molar-refractivity contribution is 0.554. The van der Waals surface area contributed by atoms with Crippen molar-refractivity contribution in [2.24, 2.45) is 7.05 Å². The predicted molar refractivity (Wildman–Crippen MR) is 94.2 cm³/mol. The van der Waals surface area contributed by atoms with E-state index in [1.807, 2.05) is 17.9 Å². The average molecular weight is 399 g/mol. The maximum atomic E-state index is 6.08. The fourth-order valence-electron chi connectivity index (χ4n) is 2.19. The van der Waals surface area contributed by atoms with Crippen LogP contribution in [0, 0.1) is 3.57 Å². The highest BCUT2D eigenvalue weighted by molar-refractivity contribution is 14.1. The van der Waals surface area contributed by atoms with Gasteiger partial charge in [-0.3, -0.25) is 4.68 Å². The average Bonchev–Trinajstić information content (AvgIpc) is 2.74. The summed E-state index contributed by atoms with van der Waals surface area (Å²) in [6.45, 7) is 10.6. The summed E-state index contributed by atoms with van der Waals surface area (Å²) in [5.41, 5.74) is 8.93. The van der Waals surface area contributed by atoms with Gasteiger partial charge in [-0.05, 0) is 28.5 Å². The first-order valence-electron chi connectivity index (χ1n) is 6.98. The largest absolute Gasteiger partial charge is 0.383 e. The van der Waals surface area contributed by atoms with Crippen molar-refractivity contribution in [3.8, 4) is 11.4 Å². The van der Waals surface area contributed by atoms with Crippen LogP contribution in [0.1, 0.15) is 51.9 Å². The first kappa shape index (κ1) is 16.2. The Kier molecular flexibility index (Phi) is 4.28. The number of halogens is 1. The Morgan fingerprint density at radius 3 is 2.38 bits per heavy atom. The van der Waals surface area contributed by atoms with E-state index in [-0.39, 0.29) is 5.41 Å². The van der Waals surface area contributed by atoms with Crippen LogP contribution in [0.2, 0.25) is 0 Å². The molecular formula is C15H22IN5. The van der Waals surface area contributed by atoms with E-state index in [1.54, 1.807) is 0 Å². The van der Waals surface area contributed by atoms with Gasteiger partial charge >= 0.3 is 0 Å². The number of nitrogen functional groups attached to an aromatic ring is 1. The summed E-state index contributed by atoms with van der Waals surface area (Å²) >= 11 is 2.22. The van der Waals surface area contributed by atoms with E-state index in [4.69, 9.17) is 10.7 Å². The van der Waals surface area contributed by atoms with Crippen molar-refractivity contribution in [3.63, 3.8) is 0 Å². The highest BCUT2D eigenvalue weighted by atomic mass is 127. The molecular weight excluding hydrogens is 377 g/mol. The van der Waals surface area contributed by atoms with Gasteiger partial charge in [0.1, 0.15) is 5.82 Å². The molecule has 0 atom stereocenters. The molecule has 0 saturated heterocycles. The van der Waals surface area contributed by atoms with Crippen molar-refractivity contribution < 1.29 is 0 Å². The maximum absolute atomic E-state index is 6.08. The number of rotatable bonds is 2. The zero-order valence-corrected chi connectivity index (χ0v) is 15.6. The van der Waals surface area contributed by atoms with Crippen LogP contribution in [-0.4, -0.2) is 19.7 Å². The van der Waals surface area contributed by atoms with Crippen molar-refractivity contribution in [2.45, 2.75) is 46.0 Å². The molecule has 2 N–H and O–H groups in total. The molecule has 0 aliphatic rings. The molecule has 0 saturated carbocycles. The van der Waals surface area contributed by atoms with Crippen molar-refractivity contribution in [1.29, 1.82) is 0 Å². The van der Waals surface area contributed by atoms with Gasteiger partial charge in [-0.25, -0.2) is 9.97 Å². The van der Waals surface area contributed by atoms with Crippen LogP contribution in [-0.2, 0) is 12.5 Å². The summed E-state index contributed by atoms with van der Waals surface area (Å²) in [5, 5.41) is 4.58. The highest BCUT2D eigenvalue weighted by Gasteiger charge is 2.25. The standard InChI is InChI=1S/C15H22IN5/c1-8(2)11-10(16)13(17)19-14(18-11)9-7-21(6)20-12(9)15(3,4)5/h7-8H,1-6H3,(H2,17,18,19). The molecule has 0 unspecified atom stereocenters. The summed E-state index contributed by atoms with van der Waals surface area (Å²) in [5.74, 6) is 1.50. The molecule has 0 aliphatic heterocycles. The van der Waals surface area contributed by atoms with Gasteiger partial charge in [-0.15, -0.1) is 0 Å². The maximum Gasteiger partial charge on any atom is 0.165 e. The van der Waals surface area contributed by atoms with Gasteiger partial charge < -0.3 is 5.73 Å². The lowest BCUT2D eigenvalue weighted by Gasteiger charge is -2.18. The topological polar surface area (TPSA) is 69.6 Å². The smallest absolute Gasteiger partial charge is 0.165 e. The van der Waals surface area contributed by atoms with Crippen LogP contribution in [0.25, 0.3) is 11.4 Å². The second kappa shape index (κ2) is 5.55. The van der Waals surface area contributed by atoms with Crippen LogP contribution in [0.5, 0.6) is 0 Å². The first-order chi connectivity index (χ1) is 9.61. The van der Waals surface area contributed by atoms with Crippen LogP contribution < -0.4 is 5.73 Å². The van der Waals surface area contributed by atoms with E-state index in [9.17, 15) is 0 Å². The summed E-state index contributed by atoms with van der Waals surface area (Å²) in [6, 6.07) is 0. The Morgan fingerprint density at radius 1 is 1.24 bits per heavy atom. The lowest BCUT2D eigenvalue weighted by Crippen LogP contribution is -2.15. The van der Waals surface area contributed by atoms with Crippen molar-refractivity contribution >= 4 is 28.4 Å². The van der Waals surface area contributed by atoms with Crippen LogP contribution in [0.3, 0.4) is 0 Å². The molecule has 2 rings (SSSR count). The summed E-state index contributed by atoms with van der Waals surface area (Å²) < 4.78 is 2.75. The number of aryl methyl sites for hydroxylation is 1. The monoisotopic (exact) mass is 399 g/mol. The predicted octanol–water partition coefficient (Wildman–Crippen LogP) is 3.48. The fraction of sp³-hybridized carbons (Fsp3) is 0.533. The van der Waals surface area contributed by atoms with Crippen LogP contribution >= 0.6 is 22.6 Å². The van der Waals surface area contributed by atoms with Crippen molar-refractivity contribution in [2.75, 3.05) is 5.73 Å². The van der Waals surface area contributed by atoms with Gasteiger partial charge in [0.25, 0.3) is 0 Å². The van der Waals surface area contributed by atoms with E-state index in [1.165, 1.54) is 0 Å². The molecule has 21 heavy (non-hydrogen) atoms. The quantitative estimate of drug-likeness (QED) is 0.785. The van der Waals surface area contributed by atoms with Gasteiger partial charge in [0.05, 0.1) is 20.5 Å². The highest BCUT2D eigenvalue weighted by Crippen LogP contribution is 2.32. The molecule has 0 fully saturated rings. The number of nitrogens with two attached hydrogens (primary N) is 1. The minimum absolute atomic E-state index is 0.0737. The van der Waals surface area contributed by atoms with Crippen LogP contribution in [0.15, 0.2) is 6.20 Å². The molecule has 0 aromatic carbocycles. The number of aromatic nitrogens is 4. The van der Waals surface area contributed by atoms with E-state index in [2.05, 4.69) is 67.3 Å². The van der Waals surface area contributed by atoms with Gasteiger partial charge in [0.15, 0.2) is 5.82 Å². The third-order valence-electron chi connectivity index (χ3n) is 3.23. The number of hydrogen-bond acceptors (Lipinski definition) is 4. The summed E-state index contributed by atoms with van der Waals surface area (Å²) in [7, 11) is 1.91. The summed E-state index contributed by atoms with van der Waals surface area (Å²) in [6.07, 6.45) is 1.96. The Balaban J connectivity index is 2.68. The molecule has 5 nitrogen and oxygen atoms in total. The zero-order valence-electron chi connectivity index (χ0n) is 13.4. The van der Waals surface area contributed by atoms with E-state index < -0.39 is 0 Å². The molecule has 0 spiro atoms. The SMILES string of the molecule is CC(C)c1nc(-c2cn(C)nc2C(C)(C)C)nc(N)c1I. The Bertz CT molecular complexity index is 667. The number of nitrogens with zero attached hydrogens (tertiary/aromatic N) is 4. The second-order valence-corrected chi connectivity index (χ2v) is 7.68. The third-order valence-corrected chi connectivity index (χ3v) is 4.33. The fourth-order valence-corrected chi connectivity index (χ4v) is 3.06. The first-order valence-corrected chi connectivity index (χ1v) is 8.06. The van der Waals surface area contributed by atoms with Gasteiger partial charge in [0.2, 0.25) is 0 Å². The number of anilines is 1. The van der Waals surface area contributed by atoms with Gasteiger partial charge in [-0.1, -0.05) is 34.6 Å². The van der Waals surface area contributed by atoms with Crippen LogP contribution in [0.4, 0.5) is 5.82 Å². The van der Waals surface area contributed by atoms with Crippen molar-refractivity contribution in [1.82, 2.24) is 19.7 Å². The van der Waals surface area contributed by atoms with E-state index in [0.717, 1.165) is 20.5 Å². The normalized spacial score (nSPS) is 12.2. The van der Waals surface area contributed by atoms with Gasteiger partial charge in [-0.2, -0.15) is 5.10 Å². The molecule has 2 aromatic rings. The molecule has 2 aromatic heterocycles.